The number of carbonyl (C=O) groups excluding carboxylic acids is 1. The summed E-state index contributed by atoms with van der Waals surface area (Å²) in [7, 11) is 1.28. The number of esters is 1. The molecule has 48 heavy (non-hydrogen) atoms. The standard InChI is InChI=1S/C35H34ClFN6O5/c1-34(29-7-6-22(36)16-39-29)47-28-5-3-4-24(32(28)48-34)42-13-12-41(26-18-46-19-27(26)42)17-30-40-31-23(37)14-21(33(44)45-2)15-25(31)43(30)20-35(8-9-35)10-11-38/h3-7,14-16,26-27H,8-10,12-13,17-20H2,1-2H3/t26-,27+,34?/m0/s1. The van der Waals surface area contributed by atoms with E-state index in [2.05, 4.69) is 20.9 Å². The SMILES string of the molecule is COC(=O)c1cc(F)c2nc(CN3CCN(c4cccc5c4OC(C)(c4ccc(Cl)cn4)O5)[C@@H]4COC[C@@H]43)n(CC3(CC#N)CC3)c2c1. The van der Waals surface area contributed by atoms with Crippen molar-refractivity contribution < 1.29 is 28.1 Å². The Labute approximate surface area is 281 Å². The van der Waals surface area contributed by atoms with Crippen molar-refractivity contribution in [2.45, 2.75) is 57.1 Å². The molecule has 3 fully saturated rings. The van der Waals surface area contributed by atoms with Crippen LogP contribution in [-0.2, 0) is 28.4 Å². The fraction of sp³-hybridized carbons (Fsp3) is 0.429. The van der Waals surface area contributed by atoms with Gasteiger partial charge in [-0.15, -0.1) is 0 Å². The van der Waals surface area contributed by atoms with E-state index in [-0.39, 0.29) is 28.6 Å². The van der Waals surface area contributed by atoms with Crippen LogP contribution in [0.25, 0.3) is 11.0 Å². The van der Waals surface area contributed by atoms with Crippen LogP contribution in [0.4, 0.5) is 10.1 Å². The lowest BCUT2D eigenvalue weighted by atomic mass is 10.0. The van der Waals surface area contributed by atoms with Crippen LogP contribution in [0.5, 0.6) is 11.5 Å². The highest BCUT2D eigenvalue weighted by atomic mass is 35.5. The summed E-state index contributed by atoms with van der Waals surface area (Å²) in [6.45, 7) is 5.25. The van der Waals surface area contributed by atoms with Crippen LogP contribution in [0.1, 0.15) is 48.1 Å². The van der Waals surface area contributed by atoms with Crippen molar-refractivity contribution in [2.24, 2.45) is 5.41 Å². The number of nitrogens with zero attached hydrogens (tertiary/aromatic N) is 6. The lowest BCUT2D eigenvalue weighted by Gasteiger charge is -2.44. The zero-order chi connectivity index (χ0) is 33.2. The monoisotopic (exact) mass is 672 g/mol. The van der Waals surface area contributed by atoms with Gasteiger partial charge in [0.2, 0.25) is 0 Å². The van der Waals surface area contributed by atoms with Crippen LogP contribution in [0, 0.1) is 22.6 Å². The first-order valence-corrected chi connectivity index (χ1v) is 16.4. The summed E-state index contributed by atoms with van der Waals surface area (Å²) in [6.07, 6.45) is 3.81. The molecule has 11 nitrogen and oxygen atoms in total. The Morgan fingerprint density at radius 3 is 2.75 bits per heavy atom. The molecule has 1 aliphatic carbocycles. The highest BCUT2D eigenvalue weighted by Gasteiger charge is 2.47. The molecule has 4 aliphatic rings. The summed E-state index contributed by atoms with van der Waals surface area (Å²) in [5, 5.41) is 10.1. The van der Waals surface area contributed by atoms with E-state index in [0.717, 1.165) is 18.5 Å². The van der Waals surface area contributed by atoms with Crippen molar-refractivity contribution in [3.8, 4) is 17.6 Å². The van der Waals surface area contributed by atoms with Gasteiger partial charge in [0.1, 0.15) is 17.0 Å². The number of piperazine rings is 1. The molecule has 2 saturated heterocycles. The van der Waals surface area contributed by atoms with Crippen molar-refractivity contribution in [3.05, 3.63) is 76.6 Å². The second-order valence-corrected chi connectivity index (χ2v) is 13.7. The lowest BCUT2D eigenvalue weighted by molar-refractivity contribution is -0.0716. The summed E-state index contributed by atoms with van der Waals surface area (Å²) in [5.74, 6) is -0.316. The summed E-state index contributed by atoms with van der Waals surface area (Å²) >= 11 is 6.08. The van der Waals surface area contributed by atoms with Crippen LogP contribution in [0.2, 0.25) is 5.02 Å². The second-order valence-electron chi connectivity index (χ2n) is 13.2. The second kappa shape index (κ2) is 11.6. The third-order valence-corrected chi connectivity index (χ3v) is 10.4. The maximum Gasteiger partial charge on any atom is 0.338 e. The predicted molar refractivity (Wildman–Crippen MR) is 173 cm³/mol. The maximum atomic E-state index is 15.4. The van der Waals surface area contributed by atoms with Crippen molar-refractivity contribution in [3.63, 3.8) is 0 Å². The lowest BCUT2D eigenvalue weighted by Crippen LogP contribution is -2.59. The Balaban J connectivity index is 1.09. The van der Waals surface area contributed by atoms with Crippen LogP contribution < -0.4 is 14.4 Å². The number of hydrogen-bond donors (Lipinski definition) is 0. The number of aromatic nitrogens is 3. The van der Waals surface area contributed by atoms with E-state index < -0.39 is 17.6 Å². The molecular weight excluding hydrogens is 639 g/mol. The normalized spacial score (nSPS) is 24.0. The van der Waals surface area contributed by atoms with Crippen molar-refractivity contribution in [1.29, 1.82) is 5.26 Å². The largest absolute Gasteiger partial charge is 0.465 e. The van der Waals surface area contributed by atoms with E-state index in [1.165, 1.54) is 13.2 Å². The third-order valence-electron chi connectivity index (χ3n) is 10.1. The van der Waals surface area contributed by atoms with E-state index >= 15 is 4.39 Å². The number of nitriles is 1. The van der Waals surface area contributed by atoms with E-state index in [0.29, 0.717) is 79.4 Å². The van der Waals surface area contributed by atoms with Gasteiger partial charge in [-0.3, -0.25) is 9.88 Å². The minimum absolute atomic E-state index is 0.0169. The van der Waals surface area contributed by atoms with Crippen LogP contribution in [0.15, 0.2) is 48.7 Å². The van der Waals surface area contributed by atoms with Crippen LogP contribution in [-0.4, -0.2) is 70.9 Å². The summed E-state index contributed by atoms with van der Waals surface area (Å²) in [5.41, 5.74) is 2.21. The molecule has 1 unspecified atom stereocenters. The van der Waals surface area contributed by atoms with Gasteiger partial charge >= 0.3 is 5.97 Å². The molecule has 248 valence electrons. The van der Waals surface area contributed by atoms with Gasteiger partial charge in [0.15, 0.2) is 17.3 Å². The molecule has 2 aromatic carbocycles. The molecule has 2 aromatic heterocycles. The molecule has 5 heterocycles. The topological polar surface area (TPSA) is 115 Å². The molecule has 13 heteroatoms. The number of hydrogen-bond acceptors (Lipinski definition) is 10. The zero-order valence-corrected chi connectivity index (χ0v) is 27.4. The van der Waals surface area contributed by atoms with E-state index in [1.54, 1.807) is 24.4 Å². The van der Waals surface area contributed by atoms with Crippen molar-refractivity contribution >= 4 is 34.3 Å². The molecule has 1 saturated carbocycles. The molecule has 0 bridgehead atoms. The Bertz CT molecular complexity index is 1960. The molecule has 8 rings (SSSR count). The number of carbonyl (C=O) groups is 1. The molecule has 0 N–H and O–H groups in total. The highest BCUT2D eigenvalue weighted by Crippen LogP contribution is 2.52. The maximum absolute atomic E-state index is 15.4. The number of para-hydroxylation sites is 1. The number of imidazole rings is 1. The number of fused-ring (bicyclic) bond motifs is 3. The number of benzene rings is 2. The quantitative estimate of drug-likeness (QED) is 0.224. The highest BCUT2D eigenvalue weighted by molar-refractivity contribution is 6.30. The summed E-state index contributed by atoms with van der Waals surface area (Å²) < 4.78 is 41.3. The van der Waals surface area contributed by atoms with Gasteiger partial charge in [-0.05, 0) is 49.2 Å². The molecule has 0 radical (unpaired) electrons. The minimum Gasteiger partial charge on any atom is -0.465 e. The first-order chi connectivity index (χ1) is 23.2. The van der Waals surface area contributed by atoms with E-state index in [9.17, 15) is 10.1 Å². The number of pyridine rings is 1. The first kappa shape index (κ1) is 30.9. The van der Waals surface area contributed by atoms with E-state index in [1.807, 2.05) is 29.7 Å². The molecule has 0 amide bonds. The smallest absolute Gasteiger partial charge is 0.338 e. The van der Waals surface area contributed by atoms with Gasteiger partial charge in [0.05, 0.1) is 66.8 Å². The van der Waals surface area contributed by atoms with Gasteiger partial charge in [0, 0.05) is 44.6 Å². The average molecular weight is 673 g/mol. The number of halogens is 2. The fourth-order valence-corrected chi connectivity index (χ4v) is 7.46. The van der Waals surface area contributed by atoms with Gasteiger partial charge in [-0.2, -0.15) is 5.26 Å². The molecule has 4 aromatic rings. The minimum atomic E-state index is -1.11. The zero-order valence-electron chi connectivity index (χ0n) is 26.6. The Morgan fingerprint density at radius 1 is 1.17 bits per heavy atom. The predicted octanol–water partition coefficient (Wildman–Crippen LogP) is 5.44. The molecule has 3 aliphatic heterocycles. The van der Waals surface area contributed by atoms with Gasteiger partial charge in [0.25, 0.3) is 5.79 Å². The number of ether oxygens (including phenoxy) is 4. The van der Waals surface area contributed by atoms with Crippen molar-refractivity contribution in [2.75, 3.05) is 38.3 Å². The molecule has 3 atom stereocenters. The van der Waals surface area contributed by atoms with E-state index in [4.69, 9.17) is 35.5 Å². The number of rotatable bonds is 8. The van der Waals surface area contributed by atoms with Crippen molar-refractivity contribution in [1.82, 2.24) is 19.4 Å². The van der Waals surface area contributed by atoms with Gasteiger partial charge < -0.3 is 28.4 Å². The summed E-state index contributed by atoms with van der Waals surface area (Å²) in [6, 6.07) is 14.7. The first-order valence-electron chi connectivity index (χ1n) is 16.1. The summed E-state index contributed by atoms with van der Waals surface area (Å²) in [4.78, 5) is 26.3. The number of methoxy groups -OCH3 is 1. The van der Waals surface area contributed by atoms with Gasteiger partial charge in [-0.25, -0.2) is 14.2 Å². The Kier molecular flexibility index (Phi) is 7.47. The Hall–Kier alpha value is -4.44. The average Bonchev–Trinajstić information content (AvgIpc) is 3.36. The van der Waals surface area contributed by atoms with Gasteiger partial charge in [-0.1, -0.05) is 17.7 Å². The fourth-order valence-electron chi connectivity index (χ4n) is 7.34. The Morgan fingerprint density at radius 2 is 2.00 bits per heavy atom. The third kappa shape index (κ3) is 5.21. The molecule has 0 spiro atoms. The molecular formula is C35H34ClFN6O5. The van der Waals surface area contributed by atoms with Crippen LogP contribution >= 0.6 is 11.6 Å². The number of anilines is 1. The van der Waals surface area contributed by atoms with Crippen LogP contribution in [0.3, 0.4) is 0 Å².